The van der Waals surface area contributed by atoms with E-state index in [1.807, 2.05) is 18.2 Å². The van der Waals surface area contributed by atoms with Gasteiger partial charge in [-0.2, -0.15) is 0 Å². The summed E-state index contributed by atoms with van der Waals surface area (Å²) in [6.07, 6.45) is 3.19. The van der Waals surface area contributed by atoms with Crippen LogP contribution in [0.3, 0.4) is 0 Å². The highest BCUT2D eigenvalue weighted by molar-refractivity contribution is 6.25. The SMILES string of the molecule is CCCCOCCCNCc1ccc(OC)c(-c2ccc(O)c3c2C[C@H]2C[C@H]4[C@@H](N(C)C)C(O)=C(C(N)=O)C(=O)[C@@]4(O)C(O)=C2C3=O)c1. The number of carbonyl (C=O) groups is 3. The average molecular weight is 664 g/mol. The molecule has 0 spiro atoms. The molecule has 2 aromatic carbocycles. The molecule has 0 radical (unpaired) electrons. The Morgan fingerprint density at radius 2 is 1.81 bits per heavy atom. The van der Waals surface area contributed by atoms with E-state index in [1.54, 1.807) is 27.3 Å². The van der Waals surface area contributed by atoms with Crippen LogP contribution in [0.2, 0.25) is 0 Å². The number of unbranched alkanes of at least 4 members (excludes halogenated alkanes) is 1. The monoisotopic (exact) mass is 663 g/mol. The van der Waals surface area contributed by atoms with E-state index < -0.39 is 58.0 Å². The lowest BCUT2D eigenvalue weighted by Crippen LogP contribution is -2.63. The number of fused-ring (bicyclic) bond motifs is 3. The number of ketones is 2. The highest BCUT2D eigenvalue weighted by Gasteiger charge is 2.63. The summed E-state index contributed by atoms with van der Waals surface area (Å²) in [5, 5.41) is 48.9. The van der Waals surface area contributed by atoms with Gasteiger partial charge in [0.25, 0.3) is 5.91 Å². The van der Waals surface area contributed by atoms with Crippen LogP contribution in [0, 0.1) is 11.8 Å². The van der Waals surface area contributed by atoms with Gasteiger partial charge in [-0.15, -0.1) is 0 Å². The molecule has 0 fully saturated rings. The van der Waals surface area contributed by atoms with Crippen LogP contribution in [-0.4, -0.2) is 95.4 Å². The van der Waals surface area contributed by atoms with Crippen LogP contribution in [0.5, 0.6) is 11.5 Å². The van der Waals surface area contributed by atoms with Crippen LogP contribution in [0.4, 0.5) is 0 Å². The molecule has 258 valence electrons. The molecule has 0 aromatic heterocycles. The van der Waals surface area contributed by atoms with Gasteiger partial charge in [-0.1, -0.05) is 25.5 Å². The number of hydrogen-bond donors (Lipinski definition) is 6. The maximum atomic E-state index is 14.2. The number of benzene rings is 2. The maximum Gasteiger partial charge on any atom is 0.255 e. The second-order valence-corrected chi connectivity index (χ2v) is 13.0. The topological polar surface area (TPSA) is 192 Å². The molecule has 0 aliphatic heterocycles. The number of primary amides is 1. The summed E-state index contributed by atoms with van der Waals surface area (Å²) in [6, 6.07) is 7.83. The molecule has 2 aromatic rings. The van der Waals surface area contributed by atoms with Gasteiger partial charge >= 0.3 is 0 Å². The van der Waals surface area contributed by atoms with E-state index >= 15 is 0 Å². The third-order valence-corrected chi connectivity index (χ3v) is 9.77. The van der Waals surface area contributed by atoms with Gasteiger partial charge in [-0.3, -0.25) is 19.3 Å². The molecule has 3 aliphatic rings. The highest BCUT2D eigenvalue weighted by atomic mass is 16.5. The van der Waals surface area contributed by atoms with Crippen molar-refractivity contribution in [3.8, 4) is 22.6 Å². The Bertz CT molecular complexity index is 1680. The number of Topliss-reactive ketones (excluding diaryl/α,β-unsaturated/α-hetero) is 2. The Hall–Kier alpha value is -4.23. The quantitative estimate of drug-likeness (QED) is 0.136. The molecule has 12 nitrogen and oxygen atoms in total. The van der Waals surface area contributed by atoms with Gasteiger partial charge in [0.05, 0.1) is 18.7 Å². The van der Waals surface area contributed by atoms with Gasteiger partial charge in [0.2, 0.25) is 5.78 Å². The van der Waals surface area contributed by atoms with Crippen molar-refractivity contribution in [1.82, 2.24) is 10.2 Å². The number of aromatic hydroxyl groups is 1. The second-order valence-electron chi connectivity index (χ2n) is 13.0. The number of aliphatic hydroxyl groups excluding tert-OH is 2. The maximum absolute atomic E-state index is 14.2. The first-order valence-electron chi connectivity index (χ1n) is 16.3. The fourth-order valence-corrected chi connectivity index (χ4v) is 7.46. The van der Waals surface area contributed by atoms with Crippen LogP contribution in [-0.2, 0) is 27.3 Å². The average Bonchev–Trinajstić information content (AvgIpc) is 3.03. The zero-order valence-electron chi connectivity index (χ0n) is 27.8. The number of aliphatic hydroxyl groups is 3. The first-order chi connectivity index (χ1) is 22.9. The molecule has 0 unspecified atom stereocenters. The number of rotatable bonds is 13. The standard InChI is InChI=1S/C36H45N3O9/c1-5-6-13-48-14-7-12-38-18-19-8-11-26(47-4)22(15-19)21-9-10-25(40)28-23(21)16-20-17-24-30(39(2)3)32(42)29(35(37)45)34(44)36(24,46)33(43)27(20)31(28)41/h8-11,15,20,24,30,38,40,42-43,46H,5-7,12-14,16-18H2,1-4H3,(H2,37,45)/t20-,24-,30+,36-/m0/s1. The molecule has 0 saturated heterocycles. The van der Waals surface area contributed by atoms with Crippen molar-refractivity contribution < 1.29 is 44.3 Å². The van der Waals surface area contributed by atoms with Gasteiger partial charge in [0.1, 0.15) is 28.6 Å². The van der Waals surface area contributed by atoms with E-state index in [0.29, 0.717) is 35.6 Å². The van der Waals surface area contributed by atoms with Crippen molar-refractivity contribution in [3.05, 3.63) is 69.7 Å². The normalized spacial score (nSPS) is 23.7. The number of nitrogens with zero attached hydrogens (tertiary/aromatic N) is 1. The Morgan fingerprint density at radius 3 is 2.48 bits per heavy atom. The van der Waals surface area contributed by atoms with Crippen molar-refractivity contribution >= 4 is 17.5 Å². The number of methoxy groups -OCH3 is 1. The summed E-state index contributed by atoms with van der Waals surface area (Å²) in [7, 11) is 4.74. The van der Waals surface area contributed by atoms with Crippen molar-refractivity contribution in [1.29, 1.82) is 0 Å². The van der Waals surface area contributed by atoms with Crippen molar-refractivity contribution in [2.75, 3.05) is 41.0 Å². The van der Waals surface area contributed by atoms with Crippen molar-refractivity contribution in [3.63, 3.8) is 0 Å². The summed E-state index contributed by atoms with van der Waals surface area (Å²) in [4.78, 5) is 41.5. The molecule has 4 atom stereocenters. The zero-order chi connectivity index (χ0) is 34.9. The van der Waals surface area contributed by atoms with Gasteiger partial charge < -0.3 is 41.0 Å². The molecule has 5 rings (SSSR count). The predicted octanol–water partition coefficient (Wildman–Crippen LogP) is 3.09. The number of hydrogen-bond acceptors (Lipinski definition) is 11. The zero-order valence-corrected chi connectivity index (χ0v) is 27.8. The number of phenols is 1. The molecule has 12 heteroatoms. The summed E-state index contributed by atoms with van der Waals surface area (Å²) in [5.41, 5.74) is 4.50. The van der Waals surface area contributed by atoms with E-state index in [4.69, 9.17) is 15.2 Å². The fraction of sp³-hybridized carbons (Fsp3) is 0.472. The second kappa shape index (κ2) is 14.1. The first kappa shape index (κ1) is 35.1. The van der Waals surface area contributed by atoms with Crippen LogP contribution in [0.1, 0.15) is 54.1 Å². The van der Waals surface area contributed by atoms with Gasteiger partial charge in [0.15, 0.2) is 11.4 Å². The molecule has 0 saturated carbocycles. The fourth-order valence-electron chi connectivity index (χ4n) is 7.46. The predicted molar refractivity (Wildman–Crippen MR) is 178 cm³/mol. The summed E-state index contributed by atoms with van der Waals surface area (Å²) in [5.74, 6) is -6.33. The molecule has 1 amide bonds. The minimum atomic E-state index is -2.69. The minimum Gasteiger partial charge on any atom is -0.510 e. The number of phenolic OH excluding ortho intramolecular Hbond substituents is 1. The molecular weight excluding hydrogens is 618 g/mol. The number of likely N-dealkylation sites (N-methyl/N-ethyl adjacent to an activating group) is 1. The van der Waals surface area contributed by atoms with Gasteiger partial charge in [0, 0.05) is 36.8 Å². The number of amides is 1. The van der Waals surface area contributed by atoms with Crippen LogP contribution in [0.15, 0.2) is 53.0 Å². The lowest BCUT2D eigenvalue weighted by atomic mass is 9.58. The van der Waals surface area contributed by atoms with E-state index in [-0.39, 0.29) is 29.7 Å². The van der Waals surface area contributed by atoms with Crippen molar-refractivity contribution in [2.24, 2.45) is 17.6 Å². The minimum absolute atomic E-state index is 0.00408. The molecule has 7 N–H and O–H groups in total. The molecule has 48 heavy (non-hydrogen) atoms. The third-order valence-electron chi connectivity index (χ3n) is 9.77. The number of ether oxygens (including phenoxy) is 2. The van der Waals surface area contributed by atoms with E-state index in [9.17, 15) is 34.8 Å². The molecule has 0 heterocycles. The summed E-state index contributed by atoms with van der Waals surface area (Å²) in [6.45, 7) is 4.93. The number of nitrogens with one attached hydrogen (secondary N) is 1. The van der Waals surface area contributed by atoms with Gasteiger partial charge in [-0.25, -0.2) is 0 Å². The molecule has 3 aliphatic carbocycles. The van der Waals surface area contributed by atoms with Crippen LogP contribution < -0.4 is 15.8 Å². The van der Waals surface area contributed by atoms with E-state index in [2.05, 4.69) is 12.2 Å². The molecule has 0 bridgehead atoms. The lowest BCUT2D eigenvalue weighted by molar-refractivity contribution is -0.148. The Labute approximate surface area is 279 Å². The first-order valence-corrected chi connectivity index (χ1v) is 16.3. The van der Waals surface area contributed by atoms with Gasteiger partial charge in [-0.05, 0) is 87.1 Å². The Morgan fingerprint density at radius 1 is 1.08 bits per heavy atom. The highest BCUT2D eigenvalue weighted by Crippen LogP contribution is 2.53. The number of nitrogens with two attached hydrogens (primary N) is 1. The molecular formula is C36H45N3O9. The Kier molecular flexibility index (Phi) is 10.3. The number of allylic oxidation sites excluding steroid dienone is 1. The number of carbonyl (C=O) groups excluding carboxylic acids is 3. The summed E-state index contributed by atoms with van der Waals surface area (Å²) < 4.78 is 11.3. The largest absolute Gasteiger partial charge is 0.510 e. The summed E-state index contributed by atoms with van der Waals surface area (Å²) >= 11 is 0. The van der Waals surface area contributed by atoms with E-state index in [0.717, 1.165) is 38.0 Å². The Balaban J connectivity index is 1.52. The van der Waals surface area contributed by atoms with Crippen LogP contribution in [0.25, 0.3) is 11.1 Å². The van der Waals surface area contributed by atoms with E-state index in [1.165, 1.54) is 11.0 Å². The van der Waals surface area contributed by atoms with Crippen molar-refractivity contribution in [2.45, 2.75) is 57.2 Å². The third kappa shape index (κ3) is 5.98. The van der Waals surface area contributed by atoms with Crippen LogP contribution >= 0.6 is 0 Å². The lowest BCUT2D eigenvalue weighted by Gasteiger charge is -2.50. The smallest absolute Gasteiger partial charge is 0.255 e.